The quantitative estimate of drug-likeness (QED) is 0.905. The smallest absolute Gasteiger partial charge is 0.260 e. The molecule has 3 aliphatic heterocycles. The molecule has 7 heteroatoms. The van der Waals surface area contributed by atoms with Crippen LogP contribution in [0.15, 0.2) is 27.6 Å². The first kappa shape index (κ1) is 17.0. The molecule has 26 heavy (non-hydrogen) atoms. The van der Waals surface area contributed by atoms with Crippen LogP contribution < -0.4 is 5.56 Å². The molecule has 138 valence electrons. The highest BCUT2D eigenvalue weighted by molar-refractivity contribution is 5.94. The first-order valence-electron chi connectivity index (χ1n) is 9.15. The summed E-state index contributed by atoms with van der Waals surface area (Å²) in [6, 6.07) is 3.46. The summed E-state index contributed by atoms with van der Waals surface area (Å²) >= 11 is 0. The minimum Gasteiger partial charge on any atom is -0.361 e. The standard InChI is InChI=1S/C19H24N4O3/c1-12-17(13(2)26-21-12)11-22-8-14-5-6-15(10-22)23(9-14)19(25)16-4-3-7-20-18(16)24/h3-4,7,14-15H,5-6,8-11H2,1-2H3,(H,20,24)/t14-,15+/m1/s1. The van der Waals surface area contributed by atoms with E-state index in [1.807, 2.05) is 18.7 Å². The van der Waals surface area contributed by atoms with E-state index in [1.165, 1.54) is 0 Å². The first-order valence-corrected chi connectivity index (χ1v) is 9.15. The zero-order valence-electron chi connectivity index (χ0n) is 15.2. The minimum atomic E-state index is -0.315. The van der Waals surface area contributed by atoms with Gasteiger partial charge in [-0.25, -0.2) is 0 Å². The van der Waals surface area contributed by atoms with Crippen molar-refractivity contribution in [2.45, 2.75) is 39.3 Å². The van der Waals surface area contributed by atoms with Crippen LogP contribution in [0, 0.1) is 19.8 Å². The lowest BCUT2D eigenvalue weighted by Gasteiger charge is -2.36. The van der Waals surface area contributed by atoms with E-state index in [1.54, 1.807) is 18.3 Å². The second kappa shape index (κ2) is 6.72. The number of H-pyrrole nitrogens is 1. The monoisotopic (exact) mass is 356 g/mol. The molecular formula is C19H24N4O3. The van der Waals surface area contributed by atoms with Crippen molar-refractivity contribution >= 4 is 5.91 Å². The number of aromatic amines is 1. The van der Waals surface area contributed by atoms with Gasteiger partial charge in [0, 0.05) is 44.0 Å². The molecule has 2 bridgehead atoms. The second-order valence-corrected chi connectivity index (χ2v) is 7.46. The van der Waals surface area contributed by atoms with Crippen LogP contribution in [0.4, 0.5) is 0 Å². The largest absolute Gasteiger partial charge is 0.361 e. The molecule has 0 saturated carbocycles. The third kappa shape index (κ3) is 3.07. The fourth-order valence-electron chi connectivity index (χ4n) is 4.25. The molecule has 0 spiro atoms. The normalized spacial score (nSPS) is 23.2. The third-order valence-electron chi connectivity index (χ3n) is 5.66. The number of aromatic nitrogens is 2. The topological polar surface area (TPSA) is 82.4 Å². The summed E-state index contributed by atoms with van der Waals surface area (Å²) in [7, 11) is 0. The van der Waals surface area contributed by atoms with Gasteiger partial charge in [-0.05, 0) is 44.7 Å². The summed E-state index contributed by atoms with van der Waals surface area (Å²) < 4.78 is 5.29. The summed E-state index contributed by atoms with van der Waals surface area (Å²) in [6.45, 7) is 7.19. The fraction of sp³-hybridized carbons (Fsp3) is 0.526. The first-order chi connectivity index (χ1) is 12.5. The summed E-state index contributed by atoms with van der Waals surface area (Å²) in [5.74, 6) is 1.14. The van der Waals surface area contributed by atoms with Gasteiger partial charge in [0.2, 0.25) is 0 Å². The Hall–Kier alpha value is -2.41. The highest BCUT2D eigenvalue weighted by Gasteiger charge is 2.38. The highest BCUT2D eigenvalue weighted by atomic mass is 16.5. The Morgan fingerprint density at radius 2 is 2.15 bits per heavy atom. The third-order valence-corrected chi connectivity index (χ3v) is 5.66. The Labute approximate surface area is 152 Å². The number of rotatable bonds is 3. The van der Waals surface area contributed by atoms with Crippen LogP contribution in [0.3, 0.4) is 0 Å². The molecule has 3 saturated heterocycles. The fourth-order valence-corrected chi connectivity index (χ4v) is 4.25. The number of nitrogens with zero attached hydrogens (tertiary/aromatic N) is 3. The number of carbonyl (C=O) groups excluding carboxylic acids is 1. The second-order valence-electron chi connectivity index (χ2n) is 7.46. The number of aryl methyl sites for hydroxylation is 2. The zero-order valence-corrected chi connectivity index (χ0v) is 15.2. The van der Waals surface area contributed by atoms with Crippen molar-refractivity contribution in [1.29, 1.82) is 0 Å². The van der Waals surface area contributed by atoms with E-state index in [0.29, 0.717) is 5.92 Å². The molecule has 2 atom stereocenters. The summed E-state index contributed by atoms with van der Waals surface area (Å²) in [5, 5.41) is 4.05. The van der Waals surface area contributed by atoms with Crippen molar-refractivity contribution in [2.75, 3.05) is 19.6 Å². The Kier molecular flexibility index (Phi) is 4.40. The van der Waals surface area contributed by atoms with Gasteiger partial charge in [-0.3, -0.25) is 14.5 Å². The number of carbonyl (C=O) groups is 1. The molecular weight excluding hydrogens is 332 g/mol. The molecule has 2 aromatic rings. The van der Waals surface area contributed by atoms with Crippen LogP contribution in [0.2, 0.25) is 0 Å². The van der Waals surface area contributed by atoms with Crippen LogP contribution in [0.5, 0.6) is 0 Å². The number of piperidine rings is 1. The predicted octanol–water partition coefficient (Wildman–Crippen LogP) is 1.72. The molecule has 2 aromatic heterocycles. The van der Waals surface area contributed by atoms with Crippen molar-refractivity contribution in [3.8, 4) is 0 Å². The van der Waals surface area contributed by atoms with Gasteiger partial charge in [-0.15, -0.1) is 0 Å². The van der Waals surface area contributed by atoms with Crippen LogP contribution in [0.25, 0.3) is 0 Å². The van der Waals surface area contributed by atoms with Crippen molar-refractivity contribution in [3.05, 3.63) is 51.3 Å². The molecule has 3 fully saturated rings. The molecule has 0 aromatic carbocycles. The Morgan fingerprint density at radius 3 is 2.88 bits per heavy atom. The summed E-state index contributed by atoms with van der Waals surface area (Å²) in [6.07, 6.45) is 3.66. The van der Waals surface area contributed by atoms with E-state index < -0.39 is 0 Å². The van der Waals surface area contributed by atoms with Crippen molar-refractivity contribution in [1.82, 2.24) is 19.9 Å². The predicted molar refractivity (Wildman–Crippen MR) is 95.9 cm³/mol. The maximum absolute atomic E-state index is 13.0. The number of hydrogen-bond donors (Lipinski definition) is 1. The van der Waals surface area contributed by atoms with E-state index in [-0.39, 0.29) is 23.1 Å². The van der Waals surface area contributed by atoms with Gasteiger partial charge in [0.05, 0.1) is 5.69 Å². The van der Waals surface area contributed by atoms with Crippen molar-refractivity contribution in [2.24, 2.45) is 5.92 Å². The molecule has 3 aliphatic rings. The molecule has 0 unspecified atom stereocenters. The lowest BCUT2D eigenvalue weighted by molar-refractivity contribution is 0.0583. The maximum Gasteiger partial charge on any atom is 0.260 e. The van der Waals surface area contributed by atoms with Gasteiger partial charge in [-0.1, -0.05) is 5.16 Å². The van der Waals surface area contributed by atoms with E-state index in [4.69, 9.17) is 4.52 Å². The van der Waals surface area contributed by atoms with Gasteiger partial charge < -0.3 is 14.4 Å². The molecule has 5 heterocycles. The Balaban J connectivity index is 1.54. The minimum absolute atomic E-state index is 0.140. The number of fused-ring (bicyclic) bond motifs is 4. The molecule has 0 aliphatic carbocycles. The molecule has 0 radical (unpaired) electrons. The maximum atomic E-state index is 13.0. The number of amides is 1. The van der Waals surface area contributed by atoms with Gasteiger partial charge in [0.25, 0.3) is 11.5 Å². The van der Waals surface area contributed by atoms with Gasteiger partial charge in [0.1, 0.15) is 11.3 Å². The van der Waals surface area contributed by atoms with Crippen LogP contribution >= 0.6 is 0 Å². The van der Waals surface area contributed by atoms with Crippen molar-refractivity contribution in [3.63, 3.8) is 0 Å². The lowest BCUT2D eigenvalue weighted by atomic mass is 9.94. The lowest BCUT2D eigenvalue weighted by Crippen LogP contribution is -2.48. The molecule has 5 rings (SSSR count). The summed E-state index contributed by atoms with van der Waals surface area (Å²) in [4.78, 5) is 31.9. The average molecular weight is 356 g/mol. The Morgan fingerprint density at radius 1 is 1.31 bits per heavy atom. The zero-order chi connectivity index (χ0) is 18.3. The van der Waals surface area contributed by atoms with E-state index in [0.717, 1.165) is 56.0 Å². The van der Waals surface area contributed by atoms with E-state index >= 15 is 0 Å². The van der Waals surface area contributed by atoms with Gasteiger partial charge in [0.15, 0.2) is 0 Å². The Bertz CT molecular complexity index is 852. The number of nitrogens with one attached hydrogen (secondary N) is 1. The number of hydrogen-bond acceptors (Lipinski definition) is 5. The van der Waals surface area contributed by atoms with E-state index in [9.17, 15) is 9.59 Å². The highest BCUT2D eigenvalue weighted by Crippen LogP contribution is 2.30. The molecule has 1 N–H and O–H groups in total. The molecule has 7 nitrogen and oxygen atoms in total. The summed E-state index contributed by atoms with van der Waals surface area (Å²) in [5.41, 5.74) is 1.99. The van der Waals surface area contributed by atoms with Crippen LogP contribution in [-0.2, 0) is 6.54 Å². The van der Waals surface area contributed by atoms with Gasteiger partial charge in [-0.2, -0.15) is 0 Å². The SMILES string of the molecule is Cc1noc(C)c1CN1C[C@H]2CC[C@@H](C1)N(C(=O)c1ccc[nH]c1=O)C2. The van der Waals surface area contributed by atoms with Crippen molar-refractivity contribution < 1.29 is 9.32 Å². The molecule has 1 amide bonds. The van der Waals surface area contributed by atoms with Crippen LogP contribution in [0.1, 0.15) is 40.2 Å². The van der Waals surface area contributed by atoms with Gasteiger partial charge >= 0.3 is 0 Å². The van der Waals surface area contributed by atoms with E-state index in [2.05, 4.69) is 15.0 Å². The number of pyridine rings is 1. The average Bonchev–Trinajstić information content (AvgIpc) is 2.82. The van der Waals surface area contributed by atoms with Crippen LogP contribution in [-0.4, -0.2) is 51.5 Å².